The van der Waals surface area contributed by atoms with E-state index in [9.17, 15) is 8.78 Å². The molecule has 0 bridgehead atoms. The van der Waals surface area contributed by atoms with Crippen LogP contribution in [0.2, 0.25) is 12.1 Å². The second kappa shape index (κ2) is 16.5. The van der Waals surface area contributed by atoms with Crippen molar-refractivity contribution < 1.29 is 59.4 Å². The molecule has 0 radical (unpaired) electrons. The zero-order chi connectivity index (χ0) is 21.3. The molecule has 5 rings (SSSR count). The topological polar surface area (TPSA) is 0 Å². The molecule has 172 valence electrons. The molecule has 6 heteroatoms. The second-order valence-corrected chi connectivity index (χ2v) is 9.80. The molecular formula is C27H28Cl2F2HfSi. The van der Waals surface area contributed by atoms with Crippen LogP contribution in [0.4, 0.5) is 8.78 Å². The van der Waals surface area contributed by atoms with Gasteiger partial charge in [0.1, 0.15) is 11.6 Å². The van der Waals surface area contributed by atoms with Crippen LogP contribution in [-0.2, 0) is 25.8 Å². The van der Waals surface area contributed by atoms with Gasteiger partial charge in [-0.15, -0.1) is 24.0 Å². The second-order valence-electron chi connectivity index (χ2n) is 7.68. The molecule has 0 amide bonds. The van der Waals surface area contributed by atoms with Gasteiger partial charge in [-0.3, -0.25) is 12.2 Å². The smallest absolute Gasteiger partial charge is 1.00 e. The Hall–Kier alpha value is -1.07. The molecular weight excluding hydrogens is 640 g/mol. The van der Waals surface area contributed by atoms with Crippen molar-refractivity contribution in [3.63, 3.8) is 0 Å². The van der Waals surface area contributed by atoms with Crippen LogP contribution in [-0.4, -0.2) is 9.52 Å². The van der Waals surface area contributed by atoms with Gasteiger partial charge in [0, 0.05) is 9.52 Å². The van der Waals surface area contributed by atoms with E-state index in [0.717, 1.165) is 35.1 Å². The number of benzene rings is 2. The van der Waals surface area contributed by atoms with Crippen LogP contribution in [0.3, 0.4) is 0 Å². The van der Waals surface area contributed by atoms with Crippen LogP contribution >= 0.6 is 0 Å². The number of allylic oxidation sites excluding steroid dienone is 8. The Bertz CT molecular complexity index is 893. The third-order valence-corrected chi connectivity index (χ3v) is 7.47. The van der Waals surface area contributed by atoms with Crippen molar-refractivity contribution in [2.75, 3.05) is 0 Å². The number of rotatable bonds is 2. The van der Waals surface area contributed by atoms with Gasteiger partial charge >= 0.3 is 25.8 Å². The molecule has 0 spiro atoms. The van der Waals surface area contributed by atoms with Crippen LogP contribution in [0, 0.1) is 23.8 Å². The number of hydrogen-bond acceptors (Lipinski definition) is 0. The SMILES string of the molecule is C1C[SiH2]C1.CC1=[C-]CC=C1c1ccc(F)cc1.CC1=[C-]CC=C1c1ccc(F)cc1.[Cl-].[Cl-].[Hf+4]. The molecule has 1 heterocycles. The first-order valence-electron chi connectivity index (χ1n) is 10.6. The fourth-order valence-electron chi connectivity index (χ4n) is 3.29. The standard InChI is InChI=1S/2C12H10F.C3H8Si.2ClH.Hf/c2*1-9-3-2-4-12(9)10-5-7-11(13)8-6-10;1-2-4-3-1;;;/h2*4-8H,2H2,1H3;1-4H2;2*1H;/q2*-1;;;;+4/p-2. The van der Waals surface area contributed by atoms with E-state index in [2.05, 4.69) is 24.3 Å². The molecule has 2 aromatic rings. The maximum Gasteiger partial charge on any atom is 4.00 e. The summed E-state index contributed by atoms with van der Waals surface area (Å²) in [4.78, 5) is 0. The Balaban J connectivity index is 0.000000492. The first kappa shape index (κ1) is 31.9. The molecule has 0 N–H and O–H groups in total. The number of halogens is 4. The summed E-state index contributed by atoms with van der Waals surface area (Å²) in [5.41, 5.74) is 6.83. The molecule has 0 saturated carbocycles. The fourth-order valence-corrected chi connectivity index (χ4v) is 3.79. The molecule has 0 unspecified atom stereocenters. The van der Waals surface area contributed by atoms with E-state index in [1.54, 1.807) is 42.8 Å². The van der Waals surface area contributed by atoms with Crippen LogP contribution in [0.15, 0.2) is 71.8 Å². The van der Waals surface area contributed by atoms with E-state index in [0.29, 0.717) is 9.52 Å². The van der Waals surface area contributed by atoms with Crippen molar-refractivity contribution in [1.29, 1.82) is 0 Å². The normalized spacial score (nSPS) is 15.2. The summed E-state index contributed by atoms with van der Waals surface area (Å²) in [5, 5.41) is 0. The minimum atomic E-state index is -0.187. The van der Waals surface area contributed by atoms with Gasteiger partial charge in [0.2, 0.25) is 0 Å². The maximum atomic E-state index is 12.6. The predicted molar refractivity (Wildman–Crippen MR) is 126 cm³/mol. The quantitative estimate of drug-likeness (QED) is 0.333. The molecule has 2 aromatic carbocycles. The van der Waals surface area contributed by atoms with Crippen LogP contribution in [0.5, 0.6) is 0 Å². The summed E-state index contributed by atoms with van der Waals surface area (Å²) in [6.07, 6.45) is 14.0. The van der Waals surface area contributed by atoms with Crippen molar-refractivity contribution in [3.05, 3.63) is 107 Å². The van der Waals surface area contributed by atoms with Gasteiger partial charge in [-0.05, 0) is 24.3 Å². The molecule has 3 aliphatic rings. The van der Waals surface area contributed by atoms with E-state index in [-0.39, 0.29) is 62.3 Å². The molecule has 33 heavy (non-hydrogen) atoms. The fraction of sp³-hybridized carbons (Fsp3) is 0.259. The Morgan fingerprint density at radius 2 is 0.970 bits per heavy atom. The van der Waals surface area contributed by atoms with Gasteiger partial charge in [0.05, 0.1) is 0 Å². The summed E-state index contributed by atoms with van der Waals surface area (Å²) < 4.78 is 25.3. The Labute approximate surface area is 230 Å². The monoisotopic (exact) mass is 668 g/mol. The molecule has 1 aliphatic heterocycles. The van der Waals surface area contributed by atoms with Gasteiger partial charge in [-0.25, -0.2) is 19.9 Å². The first-order chi connectivity index (χ1) is 14.5. The third-order valence-electron chi connectivity index (χ3n) is 5.47. The van der Waals surface area contributed by atoms with Crippen LogP contribution in [0.25, 0.3) is 11.1 Å². The van der Waals surface area contributed by atoms with Gasteiger partial charge in [0.15, 0.2) is 0 Å². The third kappa shape index (κ3) is 9.98. The first-order valence-corrected chi connectivity index (χ1v) is 12.6. The molecule has 1 saturated heterocycles. The maximum absolute atomic E-state index is 12.6. The molecule has 0 atom stereocenters. The Morgan fingerprint density at radius 3 is 1.18 bits per heavy atom. The predicted octanol–water partition coefficient (Wildman–Crippen LogP) is 1.13. The number of hydrogen-bond donors (Lipinski definition) is 0. The average Bonchev–Trinajstić information content (AvgIpc) is 3.31. The van der Waals surface area contributed by atoms with Gasteiger partial charge in [-0.2, -0.15) is 23.3 Å². The zero-order valence-corrected chi connectivity index (χ0v) is 25.5. The van der Waals surface area contributed by atoms with Gasteiger partial charge < -0.3 is 24.8 Å². The van der Waals surface area contributed by atoms with Crippen molar-refractivity contribution in [2.45, 2.75) is 45.2 Å². The molecule has 1 fully saturated rings. The Morgan fingerprint density at radius 1 is 0.667 bits per heavy atom. The average molecular weight is 668 g/mol. The van der Waals surface area contributed by atoms with Crippen LogP contribution < -0.4 is 24.8 Å². The van der Waals surface area contributed by atoms with Gasteiger partial charge in [0.25, 0.3) is 0 Å². The Kier molecular flexibility index (Phi) is 16.0. The summed E-state index contributed by atoms with van der Waals surface area (Å²) in [7, 11) is 0.605. The summed E-state index contributed by atoms with van der Waals surface area (Å²) in [6.45, 7) is 4.06. The van der Waals surface area contributed by atoms with E-state index < -0.39 is 0 Å². The van der Waals surface area contributed by atoms with Crippen molar-refractivity contribution >= 4 is 20.7 Å². The summed E-state index contributed by atoms with van der Waals surface area (Å²) in [5.74, 6) is -0.374. The van der Waals surface area contributed by atoms with E-state index >= 15 is 0 Å². The minimum Gasteiger partial charge on any atom is -1.00 e. The van der Waals surface area contributed by atoms with Crippen LogP contribution in [0.1, 0.15) is 44.2 Å². The molecule has 0 aromatic heterocycles. The van der Waals surface area contributed by atoms with Crippen molar-refractivity contribution in [3.8, 4) is 0 Å². The minimum absolute atomic E-state index is 0. The molecule has 2 aliphatic carbocycles. The van der Waals surface area contributed by atoms with E-state index in [1.165, 1.54) is 35.4 Å². The summed E-state index contributed by atoms with van der Waals surface area (Å²) in [6, 6.07) is 16.4. The zero-order valence-electron chi connectivity index (χ0n) is 19.0. The van der Waals surface area contributed by atoms with Gasteiger partial charge in [-0.1, -0.05) is 56.6 Å². The summed E-state index contributed by atoms with van der Waals surface area (Å²) >= 11 is 0. The van der Waals surface area contributed by atoms with Crippen molar-refractivity contribution in [1.82, 2.24) is 0 Å². The van der Waals surface area contributed by atoms with E-state index in [4.69, 9.17) is 0 Å². The molecule has 0 nitrogen and oxygen atoms in total. The largest absolute Gasteiger partial charge is 4.00 e. The van der Waals surface area contributed by atoms with Crippen molar-refractivity contribution in [2.24, 2.45) is 0 Å². The van der Waals surface area contributed by atoms with E-state index in [1.807, 2.05) is 13.8 Å².